The fraction of sp³-hybridized carbons (Fsp3) is 0.304. The van der Waals surface area contributed by atoms with Gasteiger partial charge in [-0.2, -0.15) is 5.10 Å². The zero-order valence-corrected chi connectivity index (χ0v) is 16.0. The molecule has 0 radical (unpaired) electrons. The number of nitrogens with one attached hydrogen (secondary N) is 1. The number of fused-ring (bicyclic) bond motifs is 1. The van der Waals surface area contributed by atoms with Gasteiger partial charge in [0.05, 0.1) is 17.8 Å². The van der Waals surface area contributed by atoms with Gasteiger partial charge in [0.1, 0.15) is 0 Å². The Bertz CT molecular complexity index is 973. The molecule has 4 nitrogen and oxygen atoms in total. The number of aromatic nitrogens is 2. The lowest BCUT2D eigenvalue weighted by atomic mass is 9.90. The predicted octanol–water partition coefficient (Wildman–Crippen LogP) is 4.55. The van der Waals surface area contributed by atoms with Crippen LogP contribution in [-0.4, -0.2) is 15.7 Å². The van der Waals surface area contributed by atoms with Gasteiger partial charge < -0.3 is 5.32 Å². The van der Waals surface area contributed by atoms with Crippen LogP contribution < -0.4 is 5.32 Å². The zero-order valence-electron chi connectivity index (χ0n) is 16.0. The summed E-state index contributed by atoms with van der Waals surface area (Å²) in [6.07, 6.45) is 4.94. The molecule has 0 atom stereocenters. The highest BCUT2D eigenvalue weighted by atomic mass is 16.1. The number of aryl methyl sites for hydroxylation is 2. The van der Waals surface area contributed by atoms with Gasteiger partial charge in [0.2, 0.25) is 5.91 Å². The number of amides is 1. The van der Waals surface area contributed by atoms with E-state index >= 15 is 0 Å². The summed E-state index contributed by atoms with van der Waals surface area (Å²) in [6.45, 7) is 4.00. The minimum Gasteiger partial charge on any atom is -0.326 e. The molecule has 0 spiro atoms. The van der Waals surface area contributed by atoms with E-state index in [0.717, 1.165) is 41.2 Å². The van der Waals surface area contributed by atoms with Crippen molar-refractivity contribution in [1.82, 2.24) is 9.78 Å². The fourth-order valence-electron chi connectivity index (χ4n) is 4.00. The standard InChI is InChI=1S/C23H25N3O/c1-16-21(17(2)26(25-16)19-11-4-3-5-12-19)15-23(27)24-22-14-8-10-18-9-6-7-13-20(18)22/h3-5,8,10-12,14H,6-7,9,13,15H2,1-2H3,(H,24,27). The normalized spacial score (nSPS) is 13.3. The maximum atomic E-state index is 12.8. The smallest absolute Gasteiger partial charge is 0.228 e. The van der Waals surface area contributed by atoms with Crippen molar-refractivity contribution in [2.24, 2.45) is 0 Å². The van der Waals surface area contributed by atoms with Gasteiger partial charge >= 0.3 is 0 Å². The number of rotatable bonds is 4. The number of anilines is 1. The zero-order chi connectivity index (χ0) is 18.8. The Morgan fingerprint density at radius 1 is 1.04 bits per heavy atom. The third-order valence-electron chi connectivity index (χ3n) is 5.45. The van der Waals surface area contributed by atoms with Gasteiger partial charge in [0.15, 0.2) is 0 Å². The highest BCUT2D eigenvalue weighted by molar-refractivity contribution is 5.93. The second kappa shape index (κ2) is 7.39. The number of carbonyl (C=O) groups is 1. The molecule has 0 fully saturated rings. The van der Waals surface area contributed by atoms with Crippen LogP contribution >= 0.6 is 0 Å². The minimum absolute atomic E-state index is 0.0211. The lowest BCUT2D eigenvalue weighted by Crippen LogP contribution is -2.18. The number of hydrogen-bond donors (Lipinski definition) is 1. The molecule has 0 bridgehead atoms. The molecular weight excluding hydrogens is 334 g/mol. The molecule has 1 aliphatic carbocycles. The van der Waals surface area contributed by atoms with Gasteiger partial charge in [0.25, 0.3) is 0 Å². The number of benzene rings is 2. The lowest BCUT2D eigenvalue weighted by molar-refractivity contribution is -0.115. The van der Waals surface area contributed by atoms with Crippen molar-refractivity contribution in [3.63, 3.8) is 0 Å². The van der Waals surface area contributed by atoms with Gasteiger partial charge in [-0.1, -0.05) is 30.3 Å². The Balaban J connectivity index is 1.55. The van der Waals surface area contributed by atoms with Crippen LogP contribution in [0.15, 0.2) is 48.5 Å². The summed E-state index contributed by atoms with van der Waals surface area (Å²) < 4.78 is 1.92. The Morgan fingerprint density at radius 3 is 2.63 bits per heavy atom. The van der Waals surface area contributed by atoms with Crippen LogP contribution in [0.4, 0.5) is 5.69 Å². The molecular formula is C23H25N3O. The largest absolute Gasteiger partial charge is 0.326 e. The highest BCUT2D eigenvalue weighted by Gasteiger charge is 2.18. The number of para-hydroxylation sites is 1. The van der Waals surface area contributed by atoms with Crippen molar-refractivity contribution in [2.45, 2.75) is 46.0 Å². The first-order valence-electron chi connectivity index (χ1n) is 9.64. The monoisotopic (exact) mass is 359 g/mol. The highest BCUT2D eigenvalue weighted by Crippen LogP contribution is 2.28. The van der Waals surface area contributed by atoms with Crippen LogP contribution in [0.3, 0.4) is 0 Å². The van der Waals surface area contributed by atoms with E-state index in [-0.39, 0.29) is 5.91 Å². The molecule has 1 heterocycles. The van der Waals surface area contributed by atoms with Crippen molar-refractivity contribution in [2.75, 3.05) is 5.32 Å². The van der Waals surface area contributed by atoms with Gasteiger partial charge in [-0.15, -0.1) is 0 Å². The second-order valence-corrected chi connectivity index (χ2v) is 7.27. The van der Waals surface area contributed by atoms with E-state index in [4.69, 9.17) is 0 Å². The Kier molecular flexibility index (Phi) is 4.80. The summed E-state index contributed by atoms with van der Waals surface area (Å²) >= 11 is 0. The van der Waals surface area contributed by atoms with E-state index in [0.29, 0.717) is 6.42 Å². The lowest BCUT2D eigenvalue weighted by Gasteiger charge is -2.19. The van der Waals surface area contributed by atoms with Gasteiger partial charge in [-0.05, 0) is 68.9 Å². The Hall–Kier alpha value is -2.88. The van der Waals surface area contributed by atoms with E-state index in [9.17, 15) is 4.79 Å². The number of hydrogen-bond acceptors (Lipinski definition) is 2. The maximum Gasteiger partial charge on any atom is 0.228 e. The van der Waals surface area contributed by atoms with Gasteiger partial charge in [0, 0.05) is 16.9 Å². The molecule has 1 aromatic heterocycles. The SMILES string of the molecule is Cc1nn(-c2ccccc2)c(C)c1CC(=O)Nc1cccc2c1CCCC2. The first-order valence-corrected chi connectivity index (χ1v) is 9.64. The van der Waals surface area contributed by atoms with E-state index in [2.05, 4.69) is 16.5 Å². The molecule has 0 unspecified atom stereocenters. The molecule has 0 saturated heterocycles. The Labute approximate surface area is 160 Å². The van der Waals surface area contributed by atoms with Crippen molar-refractivity contribution >= 4 is 11.6 Å². The summed E-state index contributed by atoms with van der Waals surface area (Å²) in [5, 5.41) is 7.79. The van der Waals surface area contributed by atoms with Crippen molar-refractivity contribution in [3.05, 3.63) is 76.6 Å². The number of carbonyl (C=O) groups excluding carboxylic acids is 1. The van der Waals surface area contributed by atoms with Crippen molar-refractivity contribution in [1.29, 1.82) is 0 Å². The first-order chi connectivity index (χ1) is 13.1. The van der Waals surface area contributed by atoms with Gasteiger partial charge in [-0.3, -0.25) is 4.79 Å². The molecule has 3 aromatic rings. The molecule has 2 aromatic carbocycles. The summed E-state index contributed by atoms with van der Waals surface area (Å²) in [5.41, 5.74) is 7.60. The third kappa shape index (κ3) is 3.52. The number of nitrogens with zero attached hydrogens (tertiary/aromatic N) is 2. The van der Waals surface area contributed by atoms with E-state index < -0.39 is 0 Å². The minimum atomic E-state index is 0.0211. The maximum absolute atomic E-state index is 12.8. The van der Waals surface area contributed by atoms with Crippen LogP contribution in [0.2, 0.25) is 0 Å². The molecule has 4 heteroatoms. The molecule has 0 aliphatic heterocycles. The predicted molar refractivity (Wildman–Crippen MR) is 108 cm³/mol. The van der Waals surface area contributed by atoms with Crippen LogP contribution in [0.5, 0.6) is 0 Å². The van der Waals surface area contributed by atoms with Crippen molar-refractivity contribution < 1.29 is 4.79 Å². The molecule has 138 valence electrons. The molecule has 1 aliphatic rings. The first kappa shape index (κ1) is 17.5. The van der Waals surface area contributed by atoms with Gasteiger partial charge in [-0.25, -0.2) is 4.68 Å². The third-order valence-corrected chi connectivity index (χ3v) is 5.45. The summed E-state index contributed by atoms with van der Waals surface area (Å²) in [7, 11) is 0. The molecule has 4 rings (SSSR count). The van der Waals surface area contributed by atoms with Crippen LogP contribution in [0.1, 0.15) is 40.9 Å². The van der Waals surface area contributed by atoms with Crippen LogP contribution in [0.25, 0.3) is 5.69 Å². The summed E-state index contributed by atoms with van der Waals surface area (Å²) in [4.78, 5) is 12.8. The average Bonchev–Trinajstić information content (AvgIpc) is 2.97. The van der Waals surface area contributed by atoms with Crippen LogP contribution in [-0.2, 0) is 24.1 Å². The molecule has 0 saturated carbocycles. The Morgan fingerprint density at radius 2 is 1.81 bits per heavy atom. The molecule has 1 N–H and O–H groups in total. The van der Waals surface area contributed by atoms with Crippen molar-refractivity contribution in [3.8, 4) is 5.69 Å². The van der Waals surface area contributed by atoms with E-state index in [1.165, 1.54) is 24.0 Å². The van der Waals surface area contributed by atoms with E-state index in [1.54, 1.807) is 0 Å². The fourth-order valence-corrected chi connectivity index (χ4v) is 4.00. The quantitative estimate of drug-likeness (QED) is 0.743. The summed E-state index contributed by atoms with van der Waals surface area (Å²) in [5.74, 6) is 0.0211. The molecule has 1 amide bonds. The van der Waals surface area contributed by atoms with Crippen LogP contribution in [0, 0.1) is 13.8 Å². The van der Waals surface area contributed by atoms with E-state index in [1.807, 2.05) is 61.0 Å². The topological polar surface area (TPSA) is 46.9 Å². The summed E-state index contributed by atoms with van der Waals surface area (Å²) in [6, 6.07) is 16.3. The second-order valence-electron chi connectivity index (χ2n) is 7.27. The molecule has 27 heavy (non-hydrogen) atoms. The average molecular weight is 359 g/mol.